The monoisotopic (exact) mass is 314 g/mol. The largest absolute Gasteiger partial charge is 0.492 e. The lowest BCUT2D eigenvalue weighted by Gasteiger charge is -2.11. The van der Waals surface area contributed by atoms with Crippen molar-refractivity contribution in [1.82, 2.24) is 10.6 Å². The number of methoxy groups -OCH3 is 1. The molecule has 0 saturated heterocycles. The summed E-state index contributed by atoms with van der Waals surface area (Å²) in [7, 11) is 1.66. The van der Waals surface area contributed by atoms with Crippen LogP contribution in [0.25, 0.3) is 0 Å². The third kappa shape index (κ3) is 6.00. The summed E-state index contributed by atoms with van der Waals surface area (Å²) in [6.07, 6.45) is 0. The predicted molar refractivity (Wildman–Crippen MR) is 89.3 cm³/mol. The topological polar surface area (TPSA) is 59.6 Å². The van der Waals surface area contributed by atoms with Crippen LogP contribution in [0.5, 0.6) is 5.75 Å². The molecule has 0 unspecified atom stereocenters. The average Bonchev–Trinajstić information content (AvgIpc) is 2.59. The maximum absolute atomic E-state index is 11.8. The molecule has 2 N–H and O–H groups in total. The van der Waals surface area contributed by atoms with E-state index in [0.29, 0.717) is 26.3 Å². The number of benzene rings is 2. The Labute approximate surface area is 136 Å². The molecule has 0 saturated carbocycles. The minimum Gasteiger partial charge on any atom is -0.492 e. The molecule has 0 fully saturated rings. The van der Waals surface area contributed by atoms with E-state index in [-0.39, 0.29) is 6.03 Å². The number of hydrogen-bond acceptors (Lipinski definition) is 3. The number of hydrogen-bond donors (Lipinski definition) is 2. The molecule has 23 heavy (non-hydrogen) atoms. The number of ether oxygens (including phenoxy) is 2. The van der Waals surface area contributed by atoms with Gasteiger partial charge in [0.2, 0.25) is 0 Å². The summed E-state index contributed by atoms with van der Waals surface area (Å²) in [5.74, 6) is 0.795. The molecule has 0 spiro atoms. The van der Waals surface area contributed by atoms with Crippen molar-refractivity contribution in [2.45, 2.75) is 13.2 Å². The van der Waals surface area contributed by atoms with Crippen molar-refractivity contribution in [1.29, 1.82) is 0 Å². The van der Waals surface area contributed by atoms with Crippen LogP contribution in [0, 0.1) is 0 Å². The minimum atomic E-state index is -0.214. The van der Waals surface area contributed by atoms with Crippen molar-refractivity contribution in [2.75, 3.05) is 20.3 Å². The zero-order valence-corrected chi connectivity index (χ0v) is 13.2. The lowest BCUT2D eigenvalue weighted by molar-refractivity contribution is 0.184. The van der Waals surface area contributed by atoms with Crippen LogP contribution in [0.15, 0.2) is 54.6 Å². The van der Waals surface area contributed by atoms with Gasteiger partial charge in [-0.05, 0) is 23.3 Å². The van der Waals surface area contributed by atoms with Crippen LogP contribution in [0.2, 0.25) is 0 Å². The normalized spacial score (nSPS) is 10.1. The summed E-state index contributed by atoms with van der Waals surface area (Å²) in [6, 6.07) is 17.2. The average molecular weight is 314 g/mol. The smallest absolute Gasteiger partial charge is 0.315 e. The van der Waals surface area contributed by atoms with Gasteiger partial charge in [-0.1, -0.05) is 42.5 Å². The van der Waals surface area contributed by atoms with Crippen LogP contribution < -0.4 is 15.4 Å². The van der Waals surface area contributed by atoms with Crippen molar-refractivity contribution < 1.29 is 14.3 Å². The van der Waals surface area contributed by atoms with Gasteiger partial charge in [-0.25, -0.2) is 4.79 Å². The lowest BCUT2D eigenvalue weighted by atomic mass is 10.1. The van der Waals surface area contributed by atoms with Gasteiger partial charge < -0.3 is 20.1 Å². The summed E-state index contributed by atoms with van der Waals surface area (Å²) in [6.45, 7) is 1.87. The first kappa shape index (κ1) is 16.8. The van der Waals surface area contributed by atoms with E-state index in [1.54, 1.807) is 7.11 Å². The molecular formula is C18H22N2O3. The molecule has 5 heteroatoms. The van der Waals surface area contributed by atoms with Gasteiger partial charge in [0.15, 0.2) is 0 Å². The van der Waals surface area contributed by atoms with Crippen molar-refractivity contribution in [3.05, 3.63) is 65.7 Å². The van der Waals surface area contributed by atoms with Crippen LogP contribution in [0.4, 0.5) is 4.79 Å². The fourth-order valence-corrected chi connectivity index (χ4v) is 2.11. The summed E-state index contributed by atoms with van der Waals surface area (Å²) in [5, 5.41) is 5.60. The van der Waals surface area contributed by atoms with E-state index < -0.39 is 0 Å². The maximum atomic E-state index is 11.8. The highest BCUT2D eigenvalue weighted by Gasteiger charge is 2.04. The Balaban J connectivity index is 1.67. The van der Waals surface area contributed by atoms with Gasteiger partial charge >= 0.3 is 6.03 Å². The molecule has 0 aromatic heterocycles. The molecule has 2 aromatic rings. The number of nitrogens with one attached hydrogen (secondary N) is 2. The van der Waals surface area contributed by atoms with Crippen LogP contribution in [0.3, 0.4) is 0 Å². The number of para-hydroxylation sites is 1. The highest BCUT2D eigenvalue weighted by atomic mass is 16.5. The van der Waals surface area contributed by atoms with Gasteiger partial charge in [-0.3, -0.25) is 0 Å². The SMILES string of the molecule is COCc1ccccc1CNC(=O)NCCOc1ccccc1. The fraction of sp³-hybridized carbons (Fsp3) is 0.278. The van der Waals surface area contributed by atoms with Crippen LogP contribution in [-0.2, 0) is 17.9 Å². The van der Waals surface area contributed by atoms with E-state index in [1.807, 2.05) is 54.6 Å². The molecule has 0 radical (unpaired) electrons. The van der Waals surface area contributed by atoms with E-state index >= 15 is 0 Å². The Kier molecular flexibility index (Phi) is 6.94. The molecule has 0 bridgehead atoms. The van der Waals surface area contributed by atoms with Gasteiger partial charge in [-0.15, -0.1) is 0 Å². The lowest BCUT2D eigenvalue weighted by Crippen LogP contribution is -2.37. The van der Waals surface area contributed by atoms with E-state index in [2.05, 4.69) is 10.6 Å². The molecule has 2 aromatic carbocycles. The second kappa shape index (κ2) is 9.48. The third-order valence-corrected chi connectivity index (χ3v) is 3.26. The van der Waals surface area contributed by atoms with Gasteiger partial charge in [0.05, 0.1) is 13.2 Å². The maximum Gasteiger partial charge on any atom is 0.315 e. The first-order chi connectivity index (χ1) is 11.3. The van der Waals surface area contributed by atoms with E-state index in [1.165, 1.54) is 0 Å². The van der Waals surface area contributed by atoms with Crippen molar-refractivity contribution in [2.24, 2.45) is 0 Å². The number of rotatable bonds is 8. The molecule has 0 aliphatic rings. The van der Waals surface area contributed by atoms with Crippen LogP contribution in [0.1, 0.15) is 11.1 Å². The van der Waals surface area contributed by atoms with Crippen molar-refractivity contribution >= 4 is 6.03 Å². The Morgan fingerprint density at radius 1 is 0.957 bits per heavy atom. The number of carbonyl (C=O) groups is 1. The molecule has 2 amide bonds. The molecule has 2 rings (SSSR count). The minimum absolute atomic E-state index is 0.214. The quantitative estimate of drug-likeness (QED) is 0.737. The molecule has 122 valence electrons. The molecule has 5 nitrogen and oxygen atoms in total. The Hall–Kier alpha value is -2.53. The summed E-state index contributed by atoms with van der Waals surface area (Å²) >= 11 is 0. The Bertz CT molecular complexity index is 602. The number of urea groups is 1. The predicted octanol–water partition coefficient (Wildman–Crippen LogP) is 2.71. The molecule has 0 aliphatic carbocycles. The summed E-state index contributed by atoms with van der Waals surface area (Å²) < 4.78 is 10.7. The molecule has 0 aliphatic heterocycles. The highest BCUT2D eigenvalue weighted by Crippen LogP contribution is 2.09. The van der Waals surface area contributed by atoms with Crippen LogP contribution >= 0.6 is 0 Å². The van der Waals surface area contributed by atoms with Gasteiger partial charge in [0.1, 0.15) is 12.4 Å². The first-order valence-corrected chi connectivity index (χ1v) is 7.55. The van der Waals surface area contributed by atoms with Crippen LogP contribution in [-0.4, -0.2) is 26.3 Å². The standard InChI is InChI=1S/C18H22N2O3/c1-22-14-16-8-6-5-7-15(16)13-20-18(21)19-11-12-23-17-9-3-2-4-10-17/h2-10H,11-14H2,1H3,(H2,19,20,21). The first-order valence-electron chi connectivity index (χ1n) is 7.55. The zero-order valence-electron chi connectivity index (χ0n) is 13.2. The third-order valence-electron chi connectivity index (χ3n) is 3.26. The van der Waals surface area contributed by atoms with Crippen molar-refractivity contribution in [3.63, 3.8) is 0 Å². The van der Waals surface area contributed by atoms with Crippen molar-refractivity contribution in [3.8, 4) is 5.75 Å². The second-order valence-electron chi connectivity index (χ2n) is 4.97. The zero-order chi connectivity index (χ0) is 16.3. The van der Waals surface area contributed by atoms with Gasteiger partial charge in [-0.2, -0.15) is 0 Å². The fourth-order valence-electron chi connectivity index (χ4n) is 2.11. The Morgan fingerprint density at radius 3 is 2.39 bits per heavy atom. The van der Waals surface area contributed by atoms with Gasteiger partial charge in [0, 0.05) is 13.7 Å². The van der Waals surface area contributed by atoms with Gasteiger partial charge in [0.25, 0.3) is 0 Å². The van der Waals surface area contributed by atoms with E-state index in [0.717, 1.165) is 16.9 Å². The molecule has 0 heterocycles. The number of carbonyl (C=O) groups excluding carboxylic acids is 1. The second-order valence-corrected chi connectivity index (χ2v) is 4.97. The van der Waals surface area contributed by atoms with E-state index in [4.69, 9.17) is 9.47 Å². The number of amides is 2. The Morgan fingerprint density at radius 2 is 1.65 bits per heavy atom. The molecule has 0 atom stereocenters. The highest BCUT2D eigenvalue weighted by molar-refractivity contribution is 5.73. The molecular weight excluding hydrogens is 292 g/mol. The summed E-state index contributed by atoms with van der Waals surface area (Å²) in [5.41, 5.74) is 2.12. The summed E-state index contributed by atoms with van der Waals surface area (Å²) in [4.78, 5) is 11.8. The van der Waals surface area contributed by atoms with E-state index in [9.17, 15) is 4.79 Å².